The Hall–Kier alpha value is -2.43. The van der Waals surface area contributed by atoms with E-state index in [0.29, 0.717) is 12.5 Å². The summed E-state index contributed by atoms with van der Waals surface area (Å²) in [6.07, 6.45) is 3.46. The number of anilines is 1. The van der Waals surface area contributed by atoms with Gasteiger partial charge in [0.2, 0.25) is 5.95 Å². The Morgan fingerprint density at radius 3 is 2.90 bits per heavy atom. The van der Waals surface area contributed by atoms with Crippen LogP contribution >= 0.6 is 0 Å². The van der Waals surface area contributed by atoms with Crippen molar-refractivity contribution in [3.8, 4) is 5.75 Å². The number of fused-ring (bicyclic) bond motifs is 1. The number of hydrogen-bond donors (Lipinski definition) is 1. The standard InChI is InChI=1S/C15H17N3O2/c1-10(2)20-13-5-3-4-12-14(13)17-15(16)18(12)8-11-6-7-19-9-11/h3-7,9-10H,8H2,1-2H3,(H2,16,17). The molecular formula is C15H17N3O2. The normalized spacial score (nSPS) is 11.3. The molecule has 20 heavy (non-hydrogen) atoms. The van der Waals surface area contributed by atoms with Gasteiger partial charge in [-0.3, -0.25) is 0 Å². The number of ether oxygens (including phenoxy) is 1. The molecule has 0 atom stereocenters. The fourth-order valence-corrected chi connectivity index (χ4v) is 2.22. The summed E-state index contributed by atoms with van der Waals surface area (Å²) in [5, 5.41) is 0. The van der Waals surface area contributed by atoms with Gasteiger partial charge in [-0.05, 0) is 32.0 Å². The van der Waals surface area contributed by atoms with Gasteiger partial charge in [0, 0.05) is 5.56 Å². The van der Waals surface area contributed by atoms with Crippen LogP contribution in [-0.4, -0.2) is 15.7 Å². The zero-order chi connectivity index (χ0) is 14.1. The lowest BCUT2D eigenvalue weighted by Crippen LogP contribution is -2.06. The lowest BCUT2D eigenvalue weighted by Gasteiger charge is -2.10. The smallest absolute Gasteiger partial charge is 0.201 e. The van der Waals surface area contributed by atoms with Crippen LogP contribution in [0.5, 0.6) is 5.75 Å². The molecule has 3 rings (SSSR count). The molecule has 0 aliphatic heterocycles. The molecule has 2 heterocycles. The first-order valence-corrected chi connectivity index (χ1v) is 6.57. The molecule has 0 bridgehead atoms. The van der Waals surface area contributed by atoms with Crippen molar-refractivity contribution >= 4 is 17.0 Å². The van der Waals surface area contributed by atoms with E-state index in [1.165, 1.54) is 0 Å². The van der Waals surface area contributed by atoms with Crippen LogP contribution in [0, 0.1) is 0 Å². The van der Waals surface area contributed by atoms with E-state index in [1.807, 2.05) is 42.7 Å². The SMILES string of the molecule is CC(C)Oc1cccc2c1nc(N)n2Cc1ccoc1. The molecule has 0 fully saturated rings. The minimum atomic E-state index is 0.0980. The first-order valence-electron chi connectivity index (χ1n) is 6.57. The van der Waals surface area contributed by atoms with E-state index in [2.05, 4.69) is 4.98 Å². The molecule has 0 saturated heterocycles. The highest BCUT2D eigenvalue weighted by molar-refractivity contribution is 5.84. The highest BCUT2D eigenvalue weighted by Crippen LogP contribution is 2.28. The minimum absolute atomic E-state index is 0.0980. The fourth-order valence-electron chi connectivity index (χ4n) is 2.22. The van der Waals surface area contributed by atoms with Gasteiger partial charge in [0.25, 0.3) is 0 Å². The van der Waals surface area contributed by atoms with Crippen molar-refractivity contribution in [3.05, 3.63) is 42.4 Å². The molecule has 2 aromatic heterocycles. The number of para-hydroxylation sites is 1. The van der Waals surface area contributed by atoms with Gasteiger partial charge < -0.3 is 19.5 Å². The Kier molecular flexibility index (Phi) is 3.10. The third-order valence-corrected chi connectivity index (χ3v) is 3.05. The second kappa shape index (κ2) is 4.92. The van der Waals surface area contributed by atoms with Gasteiger partial charge in [-0.15, -0.1) is 0 Å². The topological polar surface area (TPSA) is 66.2 Å². The van der Waals surface area contributed by atoms with Crippen LogP contribution in [0.3, 0.4) is 0 Å². The third kappa shape index (κ3) is 2.22. The van der Waals surface area contributed by atoms with Gasteiger partial charge in [-0.1, -0.05) is 6.07 Å². The number of nitrogen functional groups attached to an aromatic ring is 1. The van der Waals surface area contributed by atoms with E-state index >= 15 is 0 Å². The van der Waals surface area contributed by atoms with Crippen molar-refractivity contribution in [1.82, 2.24) is 9.55 Å². The second-order valence-electron chi connectivity index (χ2n) is 4.98. The summed E-state index contributed by atoms with van der Waals surface area (Å²) in [6.45, 7) is 4.61. The van der Waals surface area contributed by atoms with Crippen LogP contribution in [0.2, 0.25) is 0 Å². The van der Waals surface area contributed by atoms with E-state index in [1.54, 1.807) is 12.5 Å². The summed E-state index contributed by atoms with van der Waals surface area (Å²) in [6, 6.07) is 7.77. The predicted molar refractivity (Wildman–Crippen MR) is 77.7 cm³/mol. The number of nitrogens with two attached hydrogens (primary N) is 1. The zero-order valence-electron chi connectivity index (χ0n) is 11.5. The number of nitrogens with zero attached hydrogens (tertiary/aromatic N) is 2. The van der Waals surface area contributed by atoms with Gasteiger partial charge in [0.15, 0.2) is 0 Å². The molecule has 0 saturated carbocycles. The predicted octanol–water partition coefficient (Wildman–Crippen LogP) is 3.05. The summed E-state index contributed by atoms with van der Waals surface area (Å²) < 4.78 is 12.8. The third-order valence-electron chi connectivity index (χ3n) is 3.05. The van der Waals surface area contributed by atoms with Crippen molar-refractivity contribution in [3.63, 3.8) is 0 Å². The molecular weight excluding hydrogens is 254 g/mol. The van der Waals surface area contributed by atoms with E-state index in [0.717, 1.165) is 22.3 Å². The molecule has 0 radical (unpaired) electrons. The first kappa shape index (κ1) is 12.6. The monoisotopic (exact) mass is 271 g/mol. The van der Waals surface area contributed by atoms with Crippen molar-refractivity contribution in [2.75, 3.05) is 5.73 Å². The van der Waals surface area contributed by atoms with Crippen LogP contribution in [0.4, 0.5) is 5.95 Å². The van der Waals surface area contributed by atoms with E-state index < -0.39 is 0 Å². The molecule has 1 aromatic carbocycles. The molecule has 0 aliphatic rings. The molecule has 3 aromatic rings. The summed E-state index contributed by atoms with van der Waals surface area (Å²) in [4.78, 5) is 4.43. The maximum absolute atomic E-state index is 6.04. The lowest BCUT2D eigenvalue weighted by atomic mass is 10.2. The summed E-state index contributed by atoms with van der Waals surface area (Å²) in [5.74, 6) is 1.23. The van der Waals surface area contributed by atoms with Crippen LogP contribution in [0.1, 0.15) is 19.4 Å². The number of benzene rings is 1. The Balaban J connectivity index is 2.07. The number of imidazole rings is 1. The van der Waals surface area contributed by atoms with Crippen molar-refractivity contribution in [2.45, 2.75) is 26.5 Å². The molecule has 5 nitrogen and oxygen atoms in total. The maximum atomic E-state index is 6.04. The number of furan rings is 1. The van der Waals surface area contributed by atoms with Crippen LogP contribution in [-0.2, 0) is 6.54 Å². The number of hydrogen-bond acceptors (Lipinski definition) is 4. The molecule has 104 valence electrons. The minimum Gasteiger partial charge on any atom is -0.489 e. The highest BCUT2D eigenvalue weighted by atomic mass is 16.5. The maximum Gasteiger partial charge on any atom is 0.201 e. The van der Waals surface area contributed by atoms with Crippen LogP contribution < -0.4 is 10.5 Å². The average molecular weight is 271 g/mol. The van der Waals surface area contributed by atoms with Crippen molar-refractivity contribution in [2.24, 2.45) is 0 Å². The van der Waals surface area contributed by atoms with E-state index in [-0.39, 0.29) is 6.10 Å². The Morgan fingerprint density at radius 2 is 2.20 bits per heavy atom. The van der Waals surface area contributed by atoms with Crippen LogP contribution in [0.25, 0.3) is 11.0 Å². The summed E-state index contributed by atoms with van der Waals surface area (Å²) in [7, 11) is 0. The number of aromatic nitrogens is 2. The molecule has 0 spiro atoms. The number of rotatable bonds is 4. The zero-order valence-corrected chi connectivity index (χ0v) is 11.5. The Morgan fingerprint density at radius 1 is 1.35 bits per heavy atom. The van der Waals surface area contributed by atoms with Gasteiger partial charge in [0.1, 0.15) is 11.3 Å². The average Bonchev–Trinajstić information content (AvgIpc) is 3.00. The fraction of sp³-hybridized carbons (Fsp3) is 0.267. The molecule has 0 aliphatic carbocycles. The van der Waals surface area contributed by atoms with E-state index in [4.69, 9.17) is 14.9 Å². The lowest BCUT2D eigenvalue weighted by molar-refractivity contribution is 0.245. The largest absolute Gasteiger partial charge is 0.489 e. The van der Waals surface area contributed by atoms with Gasteiger partial charge in [-0.2, -0.15) is 0 Å². The highest BCUT2D eigenvalue weighted by Gasteiger charge is 2.13. The van der Waals surface area contributed by atoms with Gasteiger partial charge in [0.05, 0.1) is 30.7 Å². The molecule has 0 unspecified atom stereocenters. The summed E-state index contributed by atoms with van der Waals surface area (Å²) in [5.41, 5.74) is 8.84. The molecule has 2 N–H and O–H groups in total. The quantitative estimate of drug-likeness (QED) is 0.792. The second-order valence-corrected chi connectivity index (χ2v) is 4.98. The summed E-state index contributed by atoms with van der Waals surface area (Å²) >= 11 is 0. The van der Waals surface area contributed by atoms with Gasteiger partial charge >= 0.3 is 0 Å². The molecule has 5 heteroatoms. The first-order chi connectivity index (χ1) is 9.65. The van der Waals surface area contributed by atoms with Crippen molar-refractivity contribution in [1.29, 1.82) is 0 Å². The van der Waals surface area contributed by atoms with Gasteiger partial charge in [-0.25, -0.2) is 4.98 Å². The Bertz CT molecular complexity index is 714. The Labute approximate surface area is 117 Å². The van der Waals surface area contributed by atoms with Crippen molar-refractivity contribution < 1.29 is 9.15 Å². The molecule has 0 amide bonds. The van der Waals surface area contributed by atoms with E-state index in [9.17, 15) is 0 Å². The van der Waals surface area contributed by atoms with Crippen LogP contribution in [0.15, 0.2) is 41.2 Å².